The van der Waals surface area contributed by atoms with Gasteiger partial charge in [0.1, 0.15) is 11.6 Å². The molecule has 0 saturated carbocycles. The average Bonchev–Trinajstić information content (AvgIpc) is 3.41. The average molecular weight is 453 g/mol. The summed E-state index contributed by atoms with van der Waals surface area (Å²) in [6, 6.07) is 7.84. The Morgan fingerprint density at radius 1 is 1.21 bits per heavy atom. The molecule has 9 nitrogen and oxygen atoms in total. The maximum absolute atomic E-state index is 14.0. The number of nitrogen functional groups attached to an aromatic ring is 1. The van der Waals surface area contributed by atoms with E-state index >= 15 is 0 Å². The van der Waals surface area contributed by atoms with E-state index in [2.05, 4.69) is 39.3 Å². The topological polar surface area (TPSA) is 120 Å². The van der Waals surface area contributed by atoms with Gasteiger partial charge in [0.15, 0.2) is 17.0 Å². The van der Waals surface area contributed by atoms with Gasteiger partial charge in [-0.2, -0.15) is 19.5 Å². The molecule has 3 heterocycles. The Morgan fingerprint density at radius 3 is 2.79 bits per heavy atom. The zero-order chi connectivity index (χ0) is 23.4. The van der Waals surface area contributed by atoms with Gasteiger partial charge in [-0.25, -0.2) is 4.98 Å². The third-order valence-electron chi connectivity index (χ3n) is 5.27. The molecular weight excluding hydrogens is 423 g/mol. The number of anilines is 1. The predicted octanol–water partition coefficient (Wildman–Crippen LogP) is 3.17. The Labute approximate surface area is 191 Å². The van der Waals surface area contributed by atoms with Crippen LogP contribution >= 0.6 is 0 Å². The number of rotatable bonds is 10. The summed E-state index contributed by atoms with van der Waals surface area (Å²) in [4.78, 5) is 12.4. The molecule has 0 aliphatic rings. The van der Waals surface area contributed by atoms with E-state index in [1.807, 2.05) is 35.8 Å². The van der Waals surface area contributed by atoms with Crippen LogP contribution in [0.15, 0.2) is 30.5 Å². The number of nitrogens with two attached hydrogens (primary N) is 1. The fourth-order valence-corrected chi connectivity index (χ4v) is 3.80. The van der Waals surface area contributed by atoms with Crippen molar-refractivity contribution in [1.82, 2.24) is 35.0 Å². The van der Waals surface area contributed by atoms with E-state index in [1.165, 1.54) is 0 Å². The van der Waals surface area contributed by atoms with Crippen LogP contribution in [0.1, 0.15) is 32.2 Å². The minimum absolute atomic E-state index is 0.0319. The van der Waals surface area contributed by atoms with E-state index in [0.717, 1.165) is 34.9 Å². The summed E-state index contributed by atoms with van der Waals surface area (Å²) in [6.07, 6.45) is 1.32. The van der Waals surface area contributed by atoms with Crippen LogP contribution in [0.4, 0.5) is 10.2 Å². The number of H-pyrrole nitrogens is 1. The summed E-state index contributed by atoms with van der Waals surface area (Å²) in [5.41, 5.74) is 9.64. The Kier molecular flexibility index (Phi) is 6.83. The standard InChI is InChI=1S/C23H29FN8O/c1-4-33-16-5-6-17(18-7-8-27-31-18)15(11-16)12-19-28-20-21(25)29-23(24)30-22(20)32(19)10-9-26-13-14(2)3/h5-8,11,14,26H,4,9-10,12-13H2,1-3H3,(H,27,31)(H2,25,29,30). The quantitative estimate of drug-likeness (QED) is 0.250. The maximum atomic E-state index is 14.0. The second-order valence-electron chi connectivity index (χ2n) is 8.23. The van der Waals surface area contributed by atoms with Gasteiger partial charge in [-0.05, 0) is 49.2 Å². The lowest BCUT2D eigenvalue weighted by Crippen LogP contribution is -2.25. The number of aromatic amines is 1. The molecule has 3 aromatic heterocycles. The van der Waals surface area contributed by atoms with E-state index in [-0.39, 0.29) is 5.82 Å². The molecule has 0 saturated heterocycles. The molecule has 0 atom stereocenters. The smallest absolute Gasteiger partial charge is 0.312 e. The van der Waals surface area contributed by atoms with Gasteiger partial charge in [0.2, 0.25) is 0 Å². The van der Waals surface area contributed by atoms with Crippen molar-refractivity contribution < 1.29 is 9.13 Å². The van der Waals surface area contributed by atoms with E-state index in [9.17, 15) is 4.39 Å². The number of fused-ring (bicyclic) bond motifs is 1. The molecule has 0 aliphatic carbocycles. The van der Waals surface area contributed by atoms with E-state index in [0.29, 0.717) is 43.2 Å². The maximum Gasteiger partial charge on any atom is 0.312 e. The third-order valence-corrected chi connectivity index (χ3v) is 5.27. The first kappa shape index (κ1) is 22.7. The highest BCUT2D eigenvalue weighted by Crippen LogP contribution is 2.29. The second-order valence-corrected chi connectivity index (χ2v) is 8.23. The predicted molar refractivity (Wildman–Crippen MR) is 125 cm³/mol. The third kappa shape index (κ3) is 5.11. The van der Waals surface area contributed by atoms with Crippen molar-refractivity contribution in [2.24, 2.45) is 5.92 Å². The van der Waals surface area contributed by atoms with Crippen LogP contribution in [-0.2, 0) is 13.0 Å². The number of benzene rings is 1. The van der Waals surface area contributed by atoms with E-state index in [4.69, 9.17) is 15.5 Å². The summed E-state index contributed by atoms with van der Waals surface area (Å²) in [7, 11) is 0. The van der Waals surface area contributed by atoms with Crippen LogP contribution in [0.5, 0.6) is 5.75 Å². The van der Waals surface area contributed by atoms with Crippen LogP contribution in [0.2, 0.25) is 0 Å². The largest absolute Gasteiger partial charge is 0.494 e. The van der Waals surface area contributed by atoms with Crippen LogP contribution in [0, 0.1) is 12.0 Å². The van der Waals surface area contributed by atoms with Crippen molar-refractivity contribution in [2.75, 3.05) is 25.4 Å². The normalized spacial score (nSPS) is 11.5. The van der Waals surface area contributed by atoms with Gasteiger partial charge in [-0.3, -0.25) is 5.10 Å². The lowest BCUT2D eigenvalue weighted by Gasteiger charge is -2.14. The summed E-state index contributed by atoms with van der Waals surface area (Å²) in [5, 5.41) is 10.5. The molecule has 10 heteroatoms. The van der Waals surface area contributed by atoms with Gasteiger partial charge < -0.3 is 20.4 Å². The zero-order valence-corrected chi connectivity index (χ0v) is 19.1. The molecule has 1 aromatic carbocycles. The molecule has 0 aliphatic heterocycles. The first-order valence-electron chi connectivity index (χ1n) is 11.1. The lowest BCUT2D eigenvalue weighted by molar-refractivity contribution is 0.340. The van der Waals surface area contributed by atoms with Crippen molar-refractivity contribution in [2.45, 2.75) is 33.7 Å². The van der Waals surface area contributed by atoms with Gasteiger partial charge in [0, 0.05) is 31.3 Å². The summed E-state index contributed by atoms with van der Waals surface area (Å²) < 4.78 is 21.6. The van der Waals surface area contributed by atoms with Crippen LogP contribution in [0.25, 0.3) is 22.4 Å². The molecule has 4 N–H and O–H groups in total. The van der Waals surface area contributed by atoms with Crippen molar-refractivity contribution in [1.29, 1.82) is 0 Å². The highest BCUT2D eigenvalue weighted by atomic mass is 19.1. The molecule has 4 rings (SSSR count). The zero-order valence-electron chi connectivity index (χ0n) is 19.1. The summed E-state index contributed by atoms with van der Waals surface area (Å²) in [5.74, 6) is 2.04. The molecule has 174 valence electrons. The van der Waals surface area contributed by atoms with Gasteiger partial charge >= 0.3 is 6.08 Å². The van der Waals surface area contributed by atoms with Gasteiger partial charge in [-0.1, -0.05) is 13.8 Å². The minimum atomic E-state index is -0.862. The fraction of sp³-hybridized carbons (Fsp3) is 0.391. The van der Waals surface area contributed by atoms with Crippen molar-refractivity contribution in [3.63, 3.8) is 0 Å². The molecule has 0 unspecified atom stereocenters. The fourth-order valence-electron chi connectivity index (χ4n) is 3.80. The lowest BCUT2D eigenvalue weighted by atomic mass is 10.0. The number of imidazole rings is 1. The molecule has 0 amide bonds. The number of halogens is 1. The first-order valence-corrected chi connectivity index (χ1v) is 11.1. The van der Waals surface area contributed by atoms with Crippen molar-refractivity contribution in [3.8, 4) is 17.0 Å². The molecular formula is C23H29FN8O. The molecule has 0 radical (unpaired) electrons. The van der Waals surface area contributed by atoms with Gasteiger partial charge in [0.05, 0.1) is 12.3 Å². The Balaban J connectivity index is 1.75. The van der Waals surface area contributed by atoms with Crippen molar-refractivity contribution >= 4 is 17.0 Å². The highest BCUT2D eigenvalue weighted by Gasteiger charge is 2.19. The highest BCUT2D eigenvalue weighted by molar-refractivity contribution is 5.82. The summed E-state index contributed by atoms with van der Waals surface area (Å²) >= 11 is 0. The van der Waals surface area contributed by atoms with Crippen molar-refractivity contribution in [3.05, 3.63) is 47.9 Å². The molecule has 4 aromatic rings. The summed E-state index contributed by atoms with van der Waals surface area (Å²) in [6.45, 7) is 8.95. The van der Waals surface area contributed by atoms with E-state index < -0.39 is 6.08 Å². The first-order chi connectivity index (χ1) is 16.0. The number of hydrogen-bond acceptors (Lipinski definition) is 7. The number of nitrogens with one attached hydrogen (secondary N) is 2. The second kappa shape index (κ2) is 9.95. The van der Waals surface area contributed by atoms with Gasteiger partial charge in [0.25, 0.3) is 0 Å². The van der Waals surface area contributed by atoms with Crippen LogP contribution < -0.4 is 15.8 Å². The Morgan fingerprint density at radius 2 is 2.06 bits per heavy atom. The molecule has 33 heavy (non-hydrogen) atoms. The van der Waals surface area contributed by atoms with E-state index in [1.54, 1.807) is 6.20 Å². The molecule has 0 bridgehead atoms. The SMILES string of the molecule is CCOc1ccc(-c2ccn[nH]2)c(Cc2nc3c(N)nc(F)nc3n2CCNCC(C)C)c1. The Bertz CT molecular complexity index is 1220. The number of hydrogen-bond donors (Lipinski definition) is 3. The molecule has 0 spiro atoms. The van der Waals surface area contributed by atoms with Crippen LogP contribution in [-0.4, -0.2) is 49.4 Å². The van der Waals surface area contributed by atoms with Gasteiger partial charge in [-0.15, -0.1) is 0 Å². The minimum Gasteiger partial charge on any atom is -0.494 e. The monoisotopic (exact) mass is 452 g/mol. The van der Waals surface area contributed by atoms with Crippen LogP contribution in [0.3, 0.4) is 0 Å². The number of aromatic nitrogens is 6. The number of nitrogens with zero attached hydrogens (tertiary/aromatic N) is 5. The number of ether oxygens (including phenoxy) is 1. The Hall–Kier alpha value is -3.53. The molecule has 0 fully saturated rings.